The Kier molecular flexibility index (Phi) is 2.94. The van der Waals surface area contributed by atoms with Crippen molar-refractivity contribution in [3.63, 3.8) is 0 Å². The van der Waals surface area contributed by atoms with E-state index in [0.29, 0.717) is 6.54 Å². The molecule has 2 heteroatoms. The molecule has 0 aliphatic carbocycles. The average molecular weight is 178 g/mol. The van der Waals surface area contributed by atoms with Gasteiger partial charge in [-0.3, -0.25) is 0 Å². The molecule has 0 aromatic heterocycles. The van der Waals surface area contributed by atoms with Crippen LogP contribution >= 0.6 is 0 Å². The first-order chi connectivity index (χ1) is 6.03. The number of anilines is 1. The second-order valence-electron chi connectivity index (χ2n) is 4.08. The van der Waals surface area contributed by atoms with E-state index < -0.39 is 0 Å². The molecule has 0 saturated heterocycles. The van der Waals surface area contributed by atoms with Crippen molar-refractivity contribution in [1.82, 2.24) is 0 Å². The number of benzene rings is 1. The van der Waals surface area contributed by atoms with Gasteiger partial charge in [0, 0.05) is 17.8 Å². The van der Waals surface area contributed by atoms with Gasteiger partial charge in [-0.2, -0.15) is 0 Å². The minimum absolute atomic E-state index is 0.0325. The molecule has 0 amide bonds. The first kappa shape index (κ1) is 10.1. The molecule has 0 unspecified atom stereocenters. The standard InChI is InChI=1S/C11H18N2/c1-9-4-6-10(7-5-9)13-11(2,3)8-12/h4-7,13H,8,12H2,1-3H3. The van der Waals surface area contributed by atoms with Gasteiger partial charge in [-0.1, -0.05) is 17.7 Å². The Bertz CT molecular complexity index is 262. The maximum atomic E-state index is 5.62. The fourth-order valence-electron chi connectivity index (χ4n) is 1.08. The Hall–Kier alpha value is -1.02. The zero-order valence-corrected chi connectivity index (χ0v) is 8.59. The van der Waals surface area contributed by atoms with Crippen LogP contribution < -0.4 is 11.1 Å². The fraction of sp³-hybridized carbons (Fsp3) is 0.455. The van der Waals surface area contributed by atoms with Crippen LogP contribution in [0.1, 0.15) is 19.4 Å². The molecule has 72 valence electrons. The molecule has 3 N–H and O–H groups in total. The first-order valence-electron chi connectivity index (χ1n) is 4.58. The summed E-state index contributed by atoms with van der Waals surface area (Å²) in [5, 5.41) is 3.37. The van der Waals surface area contributed by atoms with E-state index in [-0.39, 0.29) is 5.54 Å². The van der Waals surface area contributed by atoms with Crippen molar-refractivity contribution in [3.8, 4) is 0 Å². The molecule has 0 aliphatic heterocycles. The second kappa shape index (κ2) is 3.79. The van der Waals surface area contributed by atoms with Crippen LogP contribution in [0, 0.1) is 6.92 Å². The van der Waals surface area contributed by atoms with Gasteiger partial charge in [0.25, 0.3) is 0 Å². The van der Waals surface area contributed by atoms with Crippen molar-refractivity contribution in [1.29, 1.82) is 0 Å². The topological polar surface area (TPSA) is 38.0 Å². The van der Waals surface area contributed by atoms with Gasteiger partial charge < -0.3 is 11.1 Å². The number of rotatable bonds is 3. The van der Waals surface area contributed by atoms with E-state index in [2.05, 4.69) is 50.4 Å². The highest BCUT2D eigenvalue weighted by Crippen LogP contribution is 2.14. The third-order valence-corrected chi connectivity index (χ3v) is 2.04. The Labute approximate surface area is 80.1 Å². The van der Waals surface area contributed by atoms with Crippen molar-refractivity contribution in [2.24, 2.45) is 5.73 Å². The lowest BCUT2D eigenvalue weighted by Gasteiger charge is -2.25. The smallest absolute Gasteiger partial charge is 0.0439 e. The fourth-order valence-corrected chi connectivity index (χ4v) is 1.08. The van der Waals surface area contributed by atoms with Gasteiger partial charge in [0.1, 0.15) is 0 Å². The van der Waals surface area contributed by atoms with Crippen LogP contribution in [0.15, 0.2) is 24.3 Å². The van der Waals surface area contributed by atoms with Gasteiger partial charge >= 0.3 is 0 Å². The zero-order chi connectivity index (χ0) is 9.90. The average Bonchev–Trinajstić information content (AvgIpc) is 2.09. The molecule has 0 bridgehead atoms. The lowest BCUT2D eigenvalue weighted by atomic mass is 10.1. The molecule has 0 spiro atoms. The minimum Gasteiger partial charge on any atom is -0.379 e. The summed E-state index contributed by atoms with van der Waals surface area (Å²) in [5.41, 5.74) is 7.99. The van der Waals surface area contributed by atoms with Crippen molar-refractivity contribution < 1.29 is 0 Å². The van der Waals surface area contributed by atoms with Crippen LogP contribution in [0.25, 0.3) is 0 Å². The molecule has 1 aromatic carbocycles. The largest absolute Gasteiger partial charge is 0.379 e. The third kappa shape index (κ3) is 3.07. The molecule has 2 nitrogen and oxygen atoms in total. The molecule has 1 rings (SSSR count). The number of nitrogens with two attached hydrogens (primary N) is 1. The molecule has 0 atom stereocenters. The van der Waals surface area contributed by atoms with Crippen molar-refractivity contribution in [2.45, 2.75) is 26.3 Å². The summed E-state index contributed by atoms with van der Waals surface area (Å²) < 4.78 is 0. The molecule has 0 radical (unpaired) electrons. The molecule has 0 fully saturated rings. The highest BCUT2D eigenvalue weighted by Gasteiger charge is 2.13. The van der Waals surface area contributed by atoms with Gasteiger partial charge in [0.15, 0.2) is 0 Å². The predicted octanol–water partition coefficient (Wildman–Crippen LogP) is 2.14. The maximum Gasteiger partial charge on any atom is 0.0439 e. The van der Waals surface area contributed by atoms with E-state index in [1.165, 1.54) is 5.56 Å². The van der Waals surface area contributed by atoms with Gasteiger partial charge in [0.2, 0.25) is 0 Å². The van der Waals surface area contributed by atoms with Crippen LogP contribution in [0.3, 0.4) is 0 Å². The summed E-state index contributed by atoms with van der Waals surface area (Å²) in [7, 11) is 0. The van der Waals surface area contributed by atoms with Crippen LogP contribution in [0.2, 0.25) is 0 Å². The molecule has 0 saturated carbocycles. The van der Waals surface area contributed by atoms with E-state index in [1.54, 1.807) is 0 Å². The lowest BCUT2D eigenvalue weighted by Crippen LogP contribution is -2.39. The lowest BCUT2D eigenvalue weighted by molar-refractivity contribution is 0.580. The molecule has 0 aliphatic rings. The van der Waals surface area contributed by atoms with E-state index in [1.807, 2.05) is 0 Å². The molecule has 13 heavy (non-hydrogen) atoms. The van der Waals surface area contributed by atoms with Crippen molar-refractivity contribution in [2.75, 3.05) is 11.9 Å². The number of aryl methyl sites for hydroxylation is 1. The van der Waals surface area contributed by atoms with Crippen molar-refractivity contribution in [3.05, 3.63) is 29.8 Å². The highest BCUT2D eigenvalue weighted by molar-refractivity contribution is 5.46. The van der Waals surface area contributed by atoms with Crippen LogP contribution in [0.5, 0.6) is 0 Å². The zero-order valence-electron chi connectivity index (χ0n) is 8.59. The van der Waals surface area contributed by atoms with Gasteiger partial charge in [0.05, 0.1) is 0 Å². The number of nitrogens with one attached hydrogen (secondary N) is 1. The molecular formula is C11H18N2. The molecule has 0 heterocycles. The maximum absolute atomic E-state index is 5.62. The Morgan fingerprint density at radius 1 is 1.23 bits per heavy atom. The Morgan fingerprint density at radius 3 is 2.23 bits per heavy atom. The van der Waals surface area contributed by atoms with E-state index in [4.69, 9.17) is 5.73 Å². The summed E-state index contributed by atoms with van der Waals surface area (Å²) in [4.78, 5) is 0. The Morgan fingerprint density at radius 2 is 1.77 bits per heavy atom. The van der Waals surface area contributed by atoms with Crippen LogP contribution in [0.4, 0.5) is 5.69 Å². The third-order valence-electron chi connectivity index (χ3n) is 2.04. The summed E-state index contributed by atoms with van der Waals surface area (Å²) in [6, 6.07) is 8.34. The van der Waals surface area contributed by atoms with Crippen molar-refractivity contribution >= 4 is 5.69 Å². The first-order valence-corrected chi connectivity index (χ1v) is 4.58. The summed E-state index contributed by atoms with van der Waals surface area (Å²) >= 11 is 0. The summed E-state index contributed by atoms with van der Waals surface area (Å²) in [6.45, 7) is 6.89. The number of hydrogen-bond donors (Lipinski definition) is 2. The quantitative estimate of drug-likeness (QED) is 0.744. The summed E-state index contributed by atoms with van der Waals surface area (Å²) in [5.74, 6) is 0. The molecular weight excluding hydrogens is 160 g/mol. The molecule has 1 aromatic rings. The van der Waals surface area contributed by atoms with E-state index in [9.17, 15) is 0 Å². The predicted molar refractivity (Wildman–Crippen MR) is 57.9 cm³/mol. The highest BCUT2D eigenvalue weighted by atomic mass is 15.0. The van der Waals surface area contributed by atoms with Gasteiger partial charge in [-0.15, -0.1) is 0 Å². The van der Waals surface area contributed by atoms with E-state index in [0.717, 1.165) is 5.69 Å². The normalized spacial score (nSPS) is 11.4. The Balaban J connectivity index is 2.69. The monoisotopic (exact) mass is 178 g/mol. The SMILES string of the molecule is Cc1ccc(NC(C)(C)CN)cc1. The van der Waals surface area contributed by atoms with E-state index >= 15 is 0 Å². The number of hydrogen-bond acceptors (Lipinski definition) is 2. The van der Waals surface area contributed by atoms with Gasteiger partial charge in [-0.05, 0) is 32.9 Å². The minimum atomic E-state index is -0.0325. The van der Waals surface area contributed by atoms with Crippen LogP contribution in [-0.4, -0.2) is 12.1 Å². The summed E-state index contributed by atoms with van der Waals surface area (Å²) in [6.07, 6.45) is 0. The van der Waals surface area contributed by atoms with Gasteiger partial charge in [-0.25, -0.2) is 0 Å². The van der Waals surface area contributed by atoms with Crippen LogP contribution in [-0.2, 0) is 0 Å². The second-order valence-corrected chi connectivity index (χ2v) is 4.08.